The average Bonchev–Trinajstić information content (AvgIpc) is 3.08. The number of rotatable bonds is 5. The summed E-state index contributed by atoms with van der Waals surface area (Å²) in [7, 11) is 0. The quantitative estimate of drug-likeness (QED) is 0.815. The zero-order chi connectivity index (χ0) is 19.2. The van der Waals surface area contributed by atoms with Crippen molar-refractivity contribution < 1.29 is 18.8 Å². The molecule has 0 atom stereocenters. The van der Waals surface area contributed by atoms with Gasteiger partial charge in [-0.05, 0) is 38.8 Å². The van der Waals surface area contributed by atoms with Crippen molar-refractivity contribution in [2.75, 3.05) is 30.3 Å². The maximum Gasteiger partial charge on any atom is 0.409 e. The van der Waals surface area contributed by atoms with Crippen LogP contribution >= 0.6 is 0 Å². The number of anilines is 2. The van der Waals surface area contributed by atoms with Crippen molar-refractivity contribution in [2.45, 2.75) is 32.7 Å². The molecule has 1 fully saturated rings. The fraction of sp³-hybridized carbons (Fsp3) is 0.471. The Morgan fingerprint density at radius 1 is 1.26 bits per heavy atom. The first kappa shape index (κ1) is 18.6. The predicted molar refractivity (Wildman–Crippen MR) is 96.5 cm³/mol. The van der Waals surface area contributed by atoms with Crippen molar-refractivity contribution in [3.63, 3.8) is 0 Å². The Morgan fingerprint density at radius 2 is 2.04 bits per heavy atom. The average molecular weight is 374 g/mol. The number of hydrogen-bond donors (Lipinski definition) is 2. The molecule has 0 bridgehead atoms. The van der Waals surface area contributed by atoms with Crippen LogP contribution in [-0.2, 0) is 4.74 Å². The van der Waals surface area contributed by atoms with Gasteiger partial charge in [0.15, 0.2) is 11.5 Å². The van der Waals surface area contributed by atoms with Crippen molar-refractivity contribution in [2.24, 2.45) is 0 Å². The van der Waals surface area contributed by atoms with Gasteiger partial charge < -0.3 is 24.8 Å². The number of likely N-dealkylation sites (tertiary alicyclic amines) is 1. The van der Waals surface area contributed by atoms with Gasteiger partial charge in [0, 0.05) is 25.2 Å². The van der Waals surface area contributed by atoms with E-state index in [2.05, 4.69) is 26.0 Å². The van der Waals surface area contributed by atoms with Gasteiger partial charge in [0.2, 0.25) is 0 Å². The van der Waals surface area contributed by atoms with Crippen molar-refractivity contribution in [1.82, 2.24) is 20.3 Å². The Kier molecular flexibility index (Phi) is 5.84. The first-order chi connectivity index (χ1) is 13.0. The van der Waals surface area contributed by atoms with Gasteiger partial charge in [0.25, 0.3) is 5.91 Å². The minimum Gasteiger partial charge on any atom is -0.450 e. The number of hydrogen-bond acceptors (Lipinski definition) is 8. The van der Waals surface area contributed by atoms with E-state index < -0.39 is 5.91 Å². The van der Waals surface area contributed by atoms with Crippen LogP contribution in [0.3, 0.4) is 0 Å². The Bertz CT molecular complexity index is 783. The van der Waals surface area contributed by atoms with Crippen LogP contribution in [-0.4, -0.2) is 58.0 Å². The second-order valence-corrected chi connectivity index (χ2v) is 6.19. The SMILES string of the molecule is CCOC(=O)N1CCC(Nc2ccc(C(=O)Nc3cc(C)on3)nn2)CC1. The summed E-state index contributed by atoms with van der Waals surface area (Å²) in [5.41, 5.74) is 0.179. The van der Waals surface area contributed by atoms with E-state index in [0.717, 1.165) is 12.8 Å². The van der Waals surface area contributed by atoms with E-state index in [4.69, 9.17) is 9.26 Å². The second kappa shape index (κ2) is 8.47. The lowest BCUT2D eigenvalue weighted by Gasteiger charge is -2.31. The third-order valence-electron chi connectivity index (χ3n) is 4.14. The summed E-state index contributed by atoms with van der Waals surface area (Å²) in [6.07, 6.45) is 1.30. The summed E-state index contributed by atoms with van der Waals surface area (Å²) in [5, 5.41) is 17.6. The lowest BCUT2D eigenvalue weighted by Crippen LogP contribution is -2.42. The number of amides is 2. The molecule has 0 spiro atoms. The topological polar surface area (TPSA) is 122 Å². The molecular formula is C17H22N6O4. The molecule has 1 aliphatic heterocycles. The van der Waals surface area contributed by atoms with Crippen LogP contribution in [0.2, 0.25) is 0 Å². The minimum atomic E-state index is -0.412. The summed E-state index contributed by atoms with van der Waals surface area (Å²) in [4.78, 5) is 25.5. The van der Waals surface area contributed by atoms with Gasteiger partial charge in [-0.2, -0.15) is 0 Å². The highest BCUT2D eigenvalue weighted by atomic mass is 16.6. The number of carbonyl (C=O) groups excluding carboxylic acids is 2. The summed E-state index contributed by atoms with van der Waals surface area (Å²) in [6.45, 7) is 5.16. The lowest BCUT2D eigenvalue weighted by atomic mass is 10.1. The maximum absolute atomic E-state index is 12.1. The normalized spacial score (nSPS) is 14.7. The number of nitrogens with zero attached hydrogens (tertiary/aromatic N) is 4. The Labute approximate surface area is 156 Å². The molecule has 27 heavy (non-hydrogen) atoms. The molecule has 0 unspecified atom stereocenters. The second-order valence-electron chi connectivity index (χ2n) is 6.19. The van der Waals surface area contributed by atoms with E-state index in [1.807, 2.05) is 0 Å². The standard InChI is InChI=1S/C17H22N6O4/c1-3-26-17(25)23-8-6-12(7-9-23)18-14-5-4-13(20-21-14)16(24)19-15-10-11(2)27-22-15/h4-5,10,12H,3,6-9H2,1-2H3,(H,18,21)(H,19,22,24). The van der Waals surface area contributed by atoms with Gasteiger partial charge in [-0.3, -0.25) is 4.79 Å². The van der Waals surface area contributed by atoms with Gasteiger partial charge in [0.05, 0.1) is 6.61 Å². The molecule has 3 rings (SSSR count). The van der Waals surface area contributed by atoms with Crippen LogP contribution in [0.15, 0.2) is 22.7 Å². The fourth-order valence-corrected chi connectivity index (χ4v) is 2.77. The molecule has 2 aromatic heterocycles. The van der Waals surface area contributed by atoms with Crippen LogP contribution in [0.4, 0.5) is 16.4 Å². The number of carbonyl (C=O) groups is 2. The molecule has 1 aliphatic rings. The maximum atomic E-state index is 12.1. The van der Waals surface area contributed by atoms with Gasteiger partial charge in [-0.25, -0.2) is 4.79 Å². The fourth-order valence-electron chi connectivity index (χ4n) is 2.77. The number of aromatic nitrogens is 3. The number of nitrogens with one attached hydrogen (secondary N) is 2. The third-order valence-corrected chi connectivity index (χ3v) is 4.14. The van der Waals surface area contributed by atoms with E-state index in [9.17, 15) is 9.59 Å². The van der Waals surface area contributed by atoms with E-state index in [1.54, 1.807) is 36.9 Å². The Hall–Kier alpha value is -3.17. The largest absolute Gasteiger partial charge is 0.450 e. The minimum absolute atomic E-state index is 0.179. The monoisotopic (exact) mass is 374 g/mol. The van der Waals surface area contributed by atoms with Crippen LogP contribution in [0.5, 0.6) is 0 Å². The van der Waals surface area contributed by atoms with Gasteiger partial charge >= 0.3 is 6.09 Å². The molecule has 2 N–H and O–H groups in total. The van der Waals surface area contributed by atoms with E-state index >= 15 is 0 Å². The molecular weight excluding hydrogens is 352 g/mol. The predicted octanol–water partition coefficient (Wildman–Crippen LogP) is 2.06. The summed E-state index contributed by atoms with van der Waals surface area (Å²) in [5.74, 6) is 1.10. The number of ether oxygens (including phenoxy) is 1. The van der Waals surface area contributed by atoms with Crippen LogP contribution < -0.4 is 10.6 Å². The van der Waals surface area contributed by atoms with Crippen LogP contribution in [0.25, 0.3) is 0 Å². The highest BCUT2D eigenvalue weighted by Gasteiger charge is 2.23. The van der Waals surface area contributed by atoms with E-state index in [1.165, 1.54) is 0 Å². The smallest absolute Gasteiger partial charge is 0.409 e. The molecule has 0 saturated carbocycles. The zero-order valence-corrected chi connectivity index (χ0v) is 15.3. The molecule has 10 nitrogen and oxygen atoms in total. The molecule has 3 heterocycles. The summed E-state index contributed by atoms with van der Waals surface area (Å²) >= 11 is 0. The number of piperidine rings is 1. The summed E-state index contributed by atoms with van der Waals surface area (Å²) in [6, 6.07) is 5.09. The molecule has 0 aromatic carbocycles. The van der Waals surface area contributed by atoms with Crippen molar-refractivity contribution in [3.8, 4) is 0 Å². The molecule has 2 amide bonds. The van der Waals surface area contributed by atoms with Gasteiger partial charge in [-0.15, -0.1) is 10.2 Å². The van der Waals surface area contributed by atoms with Crippen LogP contribution in [0, 0.1) is 6.92 Å². The Balaban J connectivity index is 1.49. The molecule has 144 valence electrons. The first-order valence-electron chi connectivity index (χ1n) is 8.81. The van der Waals surface area contributed by atoms with Gasteiger partial charge in [0.1, 0.15) is 11.6 Å². The zero-order valence-electron chi connectivity index (χ0n) is 15.3. The molecule has 1 saturated heterocycles. The van der Waals surface area contributed by atoms with Crippen molar-refractivity contribution in [3.05, 3.63) is 29.7 Å². The van der Waals surface area contributed by atoms with Gasteiger partial charge in [-0.1, -0.05) is 5.16 Å². The first-order valence-corrected chi connectivity index (χ1v) is 8.81. The molecule has 10 heteroatoms. The van der Waals surface area contributed by atoms with E-state index in [-0.39, 0.29) is 17.8 Å². The highest BCUT2D eigenvalue weighted by Crippen LogP contribution is 2.16. The number of aryl methyl sites for hydroxylation is 1. The highest BCUT2D eigenvalue weighted by molar-refractivity contribution is 6.02. The van der Waals surface area contributed by atoms with E-state index in [0.29, 0.717) is 37.1 Å². The summed E-state index contributed by atoms with van der Waals surface area (Å²) < 4.78 is 9.91. The Morgan fingerprint density at radius 3 is 2.63 bits per heavy atom. The molecule has 2 aromatic rings. The lowest BCUT2D eigenvalue weighted by molar-refractivity contribution is 0.0982. The van der Waals surface area contributed by atoms with Crippen molar-refractivity contribution in [1.29, 1.82) is 0 Å². The van der Waals surface area contributed by atoms with Crippen molar-refractivity contribution >= 4 is 23.6 Å². The molecule has 0 aliphatic carbocycles. The molecule has 0 radical (unpaired) electrons. The van der Waals surface area contributed by atoms with Crippen LogP contribution in [0.1, 0.15) is 36.0 Å². The third kappa shape index (κ3) is 4.93.